The fraction of sp³-hybridized carbons (Fsp3) is 0.412. The predicted octanol–water partition coefficient (Wildman–Crippen LogP) is 6.97. The van der Waals surface area contributed by atoms with Crippen LogP contribution in [0.3, 0.4) is 0 Å². The molecule has 2 aliphatic rings. The summed E-state index contributed by atoms with van der Waals surface area (Å²) in [6.07, 6.45) is 4.65. The van der Waals surface area contributed by atoms with Crippen LogP contribution in [0.15, 0.2) is 48.8 Å². The highest BCUT2D eigenvalue weighted by atomic mass is 19.1. The molecule has 2 aliphatic heterocycles. The Labute approximate surface area is 261 Å². The van der Waals surface area contributed by atoms with E-state index in [1.54, 1.807) is 11.1 Å². The summed E-state index contributed by atoms with van der Waals surface area (Å²) in [5.41, 5.74) is 3.66. The summed E-state index contributed by atoms with van der Waals surface area (Å²) >= 11 is 0. The number of piperidine rings is 1. The second kappa shape index (κ2) is 12.5. The van der Waals surface area contributed by atoms with Gasteiger partial charge in [-0.3, -0.25) is 4.98 Å². The Morgan fingerprint density at radius 2 is 1.80 bits per heavy atom. The minimum Gasteiger partial charge on any atom is -0.444 e. The molecule has 9 nitrogen and oxygen atoms in total. The topological polar surface area (TPSA) is 92.7 Å². The van der Waals surface area contributed by atoms with E-state index in [0.29, 0.717) is 74.9 Å². The normalized spacial score (nSPS) is 16.2. The van der Waals surface area contributed by atoms with Crippen LogP contribution in [0.1, 0.15) is 50.7 Å². The number of carbonyl (C=O) groups excluding carboxylic acids is 1. The second-order valence-corrected chi connectivity index (χ2v) is 12.6. The molecule has 236 valence electrons. The molecule has 0 saturated carbocycles. The number of fused-ring (bicyclic) bond motifs is 1. The van der Waals surface area contributed by atoms with Crippen LogP contribution in [0.2, 0.25) is 0 Å². The van der Waals surface area contributed by atoms with E-state index in [1.807, 2.05) is 58.2 Å². The van der Waals surface area contributed by atoms with Gasteiger partial charge in [0, 0.05) is 68.0 Å². The second-order valence-electron chi connectivity index (χ2n) is 12.6. The van der Waals surface area contributed by atoms with Crippen molar-refractivity contribution < 1.29 is 23.0 Å². The number of aromatic nitrogens is 3. The highest BCUT2D eigenvalue weighted by molar-refractivity contribution is 5.98. The van der Waals surface area contributed by atoms with Crippen LogP contribution in [0.5, 0.6) is 0 Å². The summed E-state index contributed by atoms with van der Waals surface area (Å²) < 4.78 is 41.2. The molecule has 3 aromatic heterocycles. The van der Waals surface area contributed by atoms with E-state index < -0.39 is 17.2 Å². The molecule has 1 aromatic carbocycles. The fourth-order valence-corrected chi connectivity index (χ4v) is 6.00. The van der Waals surface area contributed by atoms with Crippen molar-refractivity contribution in [3.05, 3.63) is 71.6 Å². The van der Waals surface area contributed by atoms with Crippen LogP contribution in [0.4, 0.5) is 30.8 Å². The Morgan fingerprint density at radius 3 is 2.49 bits per heavy atom. The number of hydrogen-bond donors (Lipinski definition) is 1. The Balaban J connectivity index is 1.41. The van der Waals surface area contributed by atoms with E-state index in [2.05, 4.69) is 20.2 Å². The van der Waals surface area contributed by atoms with Gasteiger partial charge in [-0.15, -0.1) is 0 Å². The quantitative estimate of drug-likeness (QED) is 0.257. The monoisotopic (exact) mass is 616 g/mol. The Hall–Kier alpha value is -4.38. The van der Waals surface area contributed by atoms with E-state index in [4.69, 9.17) is 14.5 Å². The van der Waals surface area contributed by atoms with Crippen molar-refractivity contribution in [3.8, 4) is 11.4 Å². The lowest BCUT2D eigenvalue weighted by Gasteiger charge is -2.34. The number of benzene rings is 1. The molecule has 0 spiro atoms. The van der Waals surface area contributed by atoms with E-state index in [-0.39, 0.29) is 22.9 Å². The fourth-order valence-electron chi connectivity index (χ4n) is 6.00. The highest BCUT2D eigenvalue weighted by Gasteiger charge is 2.30. The van der Waals surface area contributed by atoms with Gasteiger partial charge in [-0.05, 0) is 64.2 Å². The van der Waals surface area contributed by atoms with Gasteiger partial charge in [0.15, 0.2) is 0 Å². The average molecular weight is 617 g/mol. The van der Waals surface area contributed by atoms with Gasteiger partial charge >= 0.3 is 6.09 Å². The molecule has 2 saturated heterocycles. The maximum atomic E-state index is 15.6. The molecule has 4 aromatic rings. The highest BCUT2D eigenvalue weighted by Crippen LogP contribution is 2.41. The molecule has 5 heterocycles. The maximum Gasteiger partial charge on any atom is 0.410 e. The largest absolute Gasteiger partial charge is 0.444 e. The molecular formula is C34H38F2N6O3. The Bertz CT molecular complexity index is 1700. The first-order chi connectivity index (χ1) is 21.6. The first-order valence-corrected chi connectivity index (χ1v) is 15.4. The summed E-state index contributed by atoms with van der Waals surface area (Å²) in [5.74, 6) is -0.540. The molecule has 45 heavy (non-hydrogen) atoms. The van der Waals surface area contributed by atoms with E-state index in [9.17, 15) is 9.18 Å². The zero-order chi connectivity index (χ0) is 31.7. The van der Waals surface area contributed by atoms with Gasteiger partial charge < -0.3 is 24.6 Å². The van der Waals surface area contributed by atoms with Crippen LogP contribution in [-0.2, 0) is 9.47 Å². The Kier molecular flexibility index (Phi) is 8.54. The van der Waals surface area contributed by atoms with Crippen molar-refractivity contribution in [2.75, 3.05) is 49.6 Å². The molecule has 0 aliphatic carbocycles. The minimum absolute atomic E-state index is 0.0865. The molecular weight excluding hydrogens is 578 g/mol. The van der Waals surface area contributed by atoms with Crippen molar-refractivity contribution in [1.82, 2.24) is 19.9 Å². The minimum atomic E-state index is -0.703. The number of morpholine rings is 1. The van der Waals surface area contributed by atoms with E-state index in [1.165, 1.54) is 6.07 Å². The maximum absolute atomic E-state index is 15.6. The lowest BCUT2D eigenvalue weighted by molar-refractivity contribution is 0.0205. The number of likely N-dealkylation sites (tertiary alicyclic amines) is 1. The van der Waals surface area contributed by atoms with E-state index >= 15 is 4.39 Å². The van der Waals surface area contributed by atoms with Crippen LogP contribution in [0, 0.1) is 18.6 Å². The zero-order valence-corrected chi connectivity index (χ0v) is 26.1. The Morgan fingerprint density at radius 1 is 1.04 bits per heavy atom. The number of carbonyl (C=O) groups is 1. The number of nitrogens with zero attached hydrogens (tertiary/aromatic N) is 5. The third-order valence-corrected chi connectivity index (χ3v) is 8.26. The number of rotatable bonds is 5. The van der Waals surface area contributed by atoms with Crippen molar-refractivity contribution in [3.63, 3.8) is 0 Å². The predicted molar refractivity (Wildman–Crippen MR) is 170 cm³/mol. The number of anilines is 3. The van der Waals surface area contributed by atoms with Crippen molar-refractivity contribution >= 4 is 34.2 Å². The lowest BCUT2D eigenvalue weighted by Crippen LogP contribution is -2.41. The summed E-state index contributed by atoms with van der Waals surface area (Å²) in [4.78, 5) is 30.6. The van der Waals surface area contributed by atoms with Gasteiger partial charge in [0.25, 0.3) is 0 Å². The number of ether oxygens (including phenoxy) is 2. The van der Waals surface area contributed by atoms with Crippen molar-refractivity contribution in [2.24, 2.45) is 0 Å². The van der Waals surface area contributed by atoms with Gasteiger partial charge in [-0.25, -0.2) is 23.5 Å². The van der Waals surface area contributed by atoms with Gasteiger partial charge in [-0.2, -0.15) is 0 Å². The van der Waals surface area contributed by atoms with Crippen LogP contribution in [0.25, 0.3) is 22.3 Å². The number of pyridine rings is 3. The number of amides is 1. The molecule has 0 bridgehead atoms. The molecule has 6 rings (SSSR count). The van der Waals surface area contributed by atoms with Gasteiger partial charge in [0.2, 0.25) is 0 Å². The zero-order valence-electron chi connectivity index (χ0n) is 26.1. The SMILES string of the molecule is Cc1c(-c2ccccn2)nc2cc(F)cc(F)c2c1Nc1cc(N2CCOCC2)ncc1C1CCN(C(=O)OC(C)(C)C)CC1. The average Bonchev–Trinajstić information content (AvgIpc) is 3.02. The molecule has 1 N–H and O–H groups in total. The first-order valence-electron chi connectivity index (χ1n) is 15.4. The number of hydrogen-bond acceptors (Lipinski definition) is 8. The third-order valence-electron chi connectivity index (χ3n) is 8.26. The van der Waals surface area contributed by atoms with Crippen LogP contribution in [-0.4, -0.2) is 70.9 Å². The molecule has 0 atom stereocenters. The summed E-state index contributed by atoms with van der Waals surface area (Å²) in [7, 11) is 0. The smallest absolute Gasteiger partial charge is 0.410 e. The number of nitrogens with one attached hydrogen (secondary N) is 1. The van der Waals surface area contributed by atoms with Crippen molar-refractivity contribution in [2.45, 2.75) is 52.1 Å². The third kappa shape index (κ3) is 6.68. The lowest BCUT2D eigenvalue weighted by atomic mass is 9.89. The first kappa shape index (κ1) is 30.6. The van der Waals surface area contributed by atoms with Crippen molar-refractivity contribution in [1.29, 1.82) is 0 Å². The van der Waals surface area contributed by atoms with Gasteiger partial charge in [0.05, 0.1) is 41.2 Å². The van der Waals surface area contributed by atoms with Gasteiger partial charge in [0.1, 0.15) is 23.1 Å². The summed E-state index contributed by atoms with van der Waals surface area (Å²) in [6, 6.07) is 9.61. The van der Waals surface area contributed by atoms with Crippen LogP contribution >= 0.6 is 0 Å². The summed E-state index contributed by atoms with van der Waals surface area (Å²) in [6.45, 7) is 11.1. The van der Waals surface area contributed by atoms with E-state index in [0.717, 1.165) is 23.1 Å². The van der Waals surface area contributed by atoms with Crippen LogP contribution < -0.4 is 10.2 Å². The number of halogens is 2. The van der Waals surface area contributed by atoms with Gasteiger partial charge in [-0.1, -0.05) is 6.07 Å². The molecule has 0 radical (unpaired) electrons. The molecule has 0 unspecified atom stereocenters. The molecule has 1 amide bonds. The summed E-state index contributed by atoms with van der Waals surface area (Å²) in [5, 5.41) is 3.76. The molecule has 11 heteroatoms. The molecule has 2 fully saturated rings. The standard InChI is InChI=1S/C34H38F2N6O3/c1-21-31(26-7-5-6-10-37-26)40-28-18-23(35)17-25(36)30(28)32(21)39-27-19-29(41-13-15-44-16-14-41)38-20-24(27)22-8-11-42(12-9-22)33(43)45-34(2,3)4/h5-7,10,17-20,22H,8-9,11-16H2,1-4H3,(H,38,39,40).